The molecule has 0 spiro atoms. The van der Waals surface area contributed by atoms with E-state index < -0.39 is 7.14 Å². The number of unbranched alkanes of at least 4 members (excludes halogenated alkanes) is 20. The topological polar surface area (TPSA) is 17.1 Å². The van der Waals surface area contributed by atoms with Crippen molar-refractivity contribution in [3.05, 3.63) is 162 Å². The van der Waals surface area contributed by atoms with Crippen molar-refractivity contribution >= 4 is 55.4 Å². The molecule has 1 nitrogen and oxygen atoms in total. The molecular formula is C74H91OP. The Kier molecular flexibility index (Phi) is 18.0. The molecule has 0 atom stereocenters. The zero-order valence-corrected chi connectivity index (χ0v) is 48.3. The van der Waals surface area contributed by atoms with Crippen molar-refractivity contribution in [3.63, 3.8) is 0 Å². The zero-order chi connectivity index (χ0) is 52.4. The third-order valence-electron chi connectivity index (χ3n) is 18.9. The van der Waals surface area contributed by atoms with Gasteiger partial charge in [-0.25, -0.2) is 0 Å². The van der Waals surface area contributed by atoms with Gasteiger partial charge in [0, 0.05) is 26.7 Å². The molecule has 0 bridgehead atoms. The van der Waals surface area contributed by atoms with E-state index in [2.05, 4.69) is 167 Å². The van der Waals surface area contributed by atoms with Crippen LogP contribution in [-0.2, 0) is 15.4 Å². The molecule has 0 aliphatic heterocycles. The van der Waals surface area contributed by atoms with Crippen LogP contribution in [0, 0.1) is 0 Å². The van der Waals surface area contributed by atoms with Gasteiger partial charge in [-0.15, -0.1) is 0 Å². The Labute approximate surface area is 459 Å². The molecule has 0 N–H and O–H groups in total. The Morgan fingerprint density at radius 2 is 0.671 bits per heavy atom. The lowest BCUT2D eigenvalue weighted by Gasteiger charge is -2.34. The lowest BCUT2D eigenvalue weighted by Crippen LogP contribution is -2.31. The zero-order valence-electron chi connectivity index (χ0n) is 47.4. The third kappa shape index (κ3) is 10.5. The predicted molar refractivity (Wildman–Crippen MR) is 334 cm³/mol. The molecule has 8 aromatic rings. The van der Waals surface area contributed by atoms with Crippen LogP contribution in [0.5, 0.6) is 0 Å². The SMILES string of the molecule is CCCCCCCCC1(CCCCCCCC)c2ccccc2-c2ccc(P(=O)(c3ccc4c(c3)C(CCCCCCCC)(CCCCCCCC)c3ccccc3-4)c3ccc4ccc5cccc6ccc3c4c56)cc21. The van der Waals surface area contributed by atoms with Crippen molar-refractivity contribution in [2.75, 3.05) is 0 Å². The van der Waals surface area contributed by atoms with Gasteiger partial charge in [-0.3, -0.25) is 0 Å². The second kappa shape index (κ2) is 25.2. The van der Waals surface area contributed by atoms with E-state index in [-0.39, 0.29) is 10.8 Å². The highest BCUT2D eigenvalue weighted by Crippen LogP contribution is 2.58. The highest BCUT2D eigenvalue weighted by Gasteiger charge is 2.46. The van der Waals surface area contributed by atoms with Gasteiger partial charge >= 0.3 is 0 Å². The molecule has 0 aromatic heterocycles. The average Bonchev–Trinajstić information content (AvgIpc) is 4.08. The molecule has 0 fully saturated rings. The van der Waals surface area contributed by atoms with E-state index in [9.17, 15) is 0 Å². The molecule has 2 heteroatoms. The monoisotopic (exact) mass is 1030 g/mol. The number of hydrogen-bond donors (Lipinski definition) is 0. The summed E-state index contributed by atoms with van der Waals surface area (Å²) in [4.78, 5) is 0. The summed E-state index contributed by atoms with van der Waals surface area (Å²) in [7, 11) is -3.58. The minimum Gasteiger partial charge on any atom is -0.309 e. The first-order valence-electron chi connectivity index (χ1n) is 31.2. The maximum absolute atomic E-state index is 18.2. The number of rotatable bonds is 31. The van der Waals surface area contributed by atoms with Crippen LogP contribution in [0.4, 0.5) is 0 Å². The lowest BCUT2D eigenvalue weighted by molar-refractivity contribution is 0.398. The van der Waals surface area contributed by atoms with E-state index in [4.69, 9.17) is 0 Å². The van der Waals surface area contributed by atoms with Crippen molar-refractivity contribution in [2.45, 2.75) is 218 Å². The fraction of sp³-hybridized carbons (Fsp3) is 0.459. The Balaban J connectivity index is 1.17. The van der Waals surface area contributed by atoms with Crippen molar-refractivity contribution in [3.8, 4) is 22.3 Å². The van der Waals surface area contributed by atoms with E-state index in [0.29, 0.717) is 0 Å². The van der Waals surface area contributed by atoms with E-state index >= 15 is 4.57 Å². The van der Waals surface area contributed by atoms with Crippen LogP contribution in [0.25, 0.3) is 54.6 Å². The van der Waals surface area contributed by atoms with Crippen LogP contribution in [0.3, 0.4) is 0 Å². The molecule has 2 aliphatic carbocycles. The Bertz CT molecular complexity index is 3040. The van der Waals surface area contributed by atoms with Crippen molar-refractivity contribution < 1.29 is 4.57 Å². The van der Waals surface area contributed by atoms with Crippen LogP contribution in [-0.4, -0.2) is 0 Å². The Hall–Kier alpha value is -4.97. The van der Waals surface area contributed by atoms with Gasteiger partial charge in [-0.05, 0) is 121 Å². The molecule has 10 rings (SSSR count). The molecule has 398 valence electrons. The molecule has 76 heavy (non-hydrogen) atoms. The van der Waals surface area contributed by atoms with Gasteiger partial charge in [0.25, 0.3) is 0 Å². The van der Waals surface area contributed by atoms with Crippen molar-refractivity contribution in [2.24, 2.45) is 0 Å². The minimum atomic E-state index is -3.58. The van der Waals surface area contributed by atoms with Crippen LogP contribution >= 0.6 is 7.14 Å². The quantitative estimate of drug-likeness (QED) is 0.0241. The van der Waals surface area contributed by atoms with E-state index in [1.807, 2.05) is 0 Å². The minimum absolute atomic E-state index is 0.117. The van der Waals surface area contributed by atoms with Crippen molar-refractivity contribution in [1.29, 1.82) is 0 Å². The van der Waals surface area contributed by atoms with Gasteiger partial charge in [0.05, 0.1) is 0 Å². The summed E-state index contributed by atoms with van der Waals surface area (Å²) < 4.78 is 18.2. The average molecular weight is 1030 g/mol. The Morgan fingerprint density at radius 1 is 0.316 bits per heavy atom. The number of hydrogen-bond acceptors (Lipinski definition) is 1. The lowest BCUT2D eigenvalue weighted by atomic mass is 9.70. The van der Waals surface area contributed by atoms with Crippen LogP contribution < -0.4 is 15.9 Å². The third-order valence-corrected chi connectivity index (χ3v) is 22.0. The molecule has 0 saturated heterocycles. The molecule has 0 amide bonds. The fourth-order valence-electron chi connectivity index (χ4n) is 14.9. The van der Waals surface area contributed by atoms with Crippen LogP contribution in [0.2, 0.25) is 0 Å². The summed E-state index contributed by atoms with van der Waals surface area (Å²) in [5.41, 5.74) is 11.1. The van der Waals surface area contributed by atoms with E-state index in [1.165, 1.54) is 226 Å². The van der Waals surface area contributed by atoms with Crippen LogP contribution in [0.15, 0.2) is 140 Å². The predicted octanol–water partition coefficient (Wildman–Crippen LogP) is 21.8. The normalized spacial score (nSPS) is 14.2. The first-order chi connectivity index (χ1) is 37.4. The highest BCUT2D eigenvalue weighted by molar-refractivity contribution is 7.85. The molecule has 0 unspecified atom stereocenters. The second-order valence-electron chi connectivity index (χ2n) is 23.8. The summed E-state index contributed by atoms with van der Waals surface area (Å²) in [5.74, 6) is 0. The number of benzene rings is 8. The Morgan fingerprint density at radius 3 is 1.11 bits per heavy atom. The standard InChI is InChI=1S/C74H91OP/c1-5-9-13-17-21-29-50-73(51-30-22-18-14-10-6-2)66-38-27-25-36-61(66)63-47-44-59(54-68(63)73)76(75,70-49-43-58-41-40-56-34-33-35-57-42-46-65(70)72(58)71(56)57)60-45-48-64-62-37-26-28-39-67(62)74(69(64)55-60,52-31-23-19-15-11-7-3)53-32-24-20-16-12-8-4/h25-28,33-49,54-55H,5-24,29-32,50-53H2,1-4H3. The summed E-state index contributed by atoms with van der Waals surface area (Å²) in [6.07, 6.45) is 35.4. The first-order valence-corrected chi connectivity index (χ1v) is 32.9. The summed E-state index contributed by atoms with van der Waals surface area (Å²) in [6, 6.07) is 53.8. The summed E-state index contributed by atoms with van der Waals surface area (Å²) >= 11 is 0. The highest BCUT2D eigenvalue weighted by atomic mass is 31.2. The first kappa shape index (κ1) is 54.4. The van der Waals surface area contributed by atoms with Gasteiger partial charge in [-0.2, -0.15) is 0 Å². The number of fused-ring (bicyclic) bond motifs is 6. The van der Waals surface area contributed by atoms with Gasteiger partial charge in [0.15, 0.2) is 7.14 Å². The fourth-order valence-corrected chi connectivity index (χ4v) is 17.7. The van der Waals surface area contributed by atoms with Crippen LogP contribution in [0.1, 0.15) is 230 Å². The maximum atomic E-state index is 18.2. The molecule has 0 radical (unpaired) electrons. The van der Waals surface area contributed by atoms with E-state index in [0.717, 1.165) is 47.0 Å². The van der Waals surface area contributed by atoms with Gasteiger partial charge in [0.1, 0.15) is 0 Å². The molecule has 8 aromatic carbocycles. The van der Waals surface area contributed by atoms with Gasteiger partial charge < -0.3 is 4.57 Å². The van der Waals surface area contributed by atoms with E-state index in [1.54, 1.807) is 0 Å². The second-order valence-corrected chi connectivity index (χ2v) is 26.6. The molecule has 0 heterocycles. The largest absolute Gasteiger partial charge is 0.309 e. The smallest absolute Gasteiger partial charge is 0.171 e. The summed E-state index contributed by atoms with van der Waals surface area (Å²) in [5, 5.41) is 10.4. The molecule has 0 saturated carbocycles. The maximum Gasteiger partial charge on any atom is 0.171 e. The molecule has 2 aliphatic rings. The van der Waals surface area contributed by atoms with Gasteiger partial charge in [-0.1, -0.05) is 303 Å². The molecular weight excluding hydrogens is 936 g/mol. The van der Waals surface area contributed by atoms with Crippen molar-refractivity contribution in [1.82, 2.24) is 0 Å². The summed E-state index contributed by atoms with van der Waals surface area (Å²) in [6.45, 7) is 9.30. The van der Waals surface area contributed by atoms with Gasteiger partial charge in [0.2, 0.25) is 0 Å².